The first kappa shape index (κ1) is 35.7. The molecule has 2 atom stereocenters. The van der Waals surface area contributed by atoms with Crippen molar-refractivity contribution in [1.82, 2.24) is 0 Å². The van der Waals surface area contributed by atoms with Crippen molar-refractivity contribution in [2.24, 2.45) is 0 Å². The van der Waals surface area contributed by atoms with Crippen LogP contribution in [-0.4, -0.2) is 77.6 Å². The van der Waals surface area contributed by atoms with Gasteiger partial charge in [-0.1, -0.05) is 24.3 Å². The topological polar surface area (TPSA) is 120 Å². The Balaban J connectivity index is 0.000000468. The molecule has 0 amide bonds. The molecule has 0 radical (unpaired) electrons. The standard InChI is InChI=1S/C28H40NO6.C6H6O3S/c1-28(2,3)35-27(30)12-14-29(4)13-11-20-17-25(33-7)26(34-8)18-21(20)22(29)15-19-9-10-23(31-5)24(16-19)32-6;7-10(8,9)6-4-2-1-3-5-6/h9-10,16-18,22H,11-15H2,1-8H3;1-5H,(H,7,8,9)/q+1;/p-1/t22?,29-;/m1./s1. The van der Waals surface area contributed by atoms with E-state index in [9.17, 15) is 17.8 Å². The van der Waals surface area contributed by atoms with Crippen molar-refractivity contribution in [3.05, 3.63) is 77.4 Å². The smallest absolute Gasteiger partial charge is 0.312 e. The molecule has 0 fully saturated rings. The highest BCUT2D eigenvalue weighted by molar-refractivity contribution is 7.85. The molecule has 10 nitrogen and oxygen atoms in total. The normalized spacial score (nSPS) is 17.7. The van der Waals surface area contributed by atoms with Crippen molar-refractivity contribution < 1.29 is 45.9 Å². The number of hydrogen-bond donors (Lipinski definition) is 0. The fourth-order valence-electron chi connectivity index (χ4n) is 5.49. The van der Waals surface area contributed by atoms with Crippen LogP contribution in [-0.2, 0) is 32.5 Å². The van der Waals surface area contributed by atoms with Crippen LogP contribution in [0.2, 0.25) is 0 Å². The minimum Gasteiger partial charge on any atom is -0.744 e. The molecule has 1 heterocycles. The van der Waals surface area contributed by atoms with Crippen molar-refractivity contribution in [3.63, 3.8) is 0 Å². The molecule has 0 aromatic heterocycles. The van der Waals surface area contributed by atoms with Gasteiger partial charge >= 0.3 is 5.97 Å². The van der Waals surface area contributed by atoms with Gasteiger partial charge in [0.2, 0.25) is 0 Å². The van der Waals surface area contributed by atoms with Crippen LogP contribution in [0.1, 0.15) is 49.9 Å². The summed E-state index contributed by atoms with van der Waals surface area (Å²) in [6.07, 6.45) is 2.02. The average Bonchev–Trinajstić information content (AvgIpc) is 3.00. The molecule has 0 spiro atoms. The third-order valence-corrected chi connectivity index (χ3v) is 8.65. The molecule has 1 aliphatic heterocycles. The molecule has 0 N–H and O–H groups in total. The molecule has 0 bridgehead atoms. The number of ether oxygens (including phenoxy) is 5. The second-order valence-electron chi connectivity index (χ2n) is 12.1. The number of hydrogen-bond acceptors (Lipinski definition) is 9. The lowest BCUT2D eigenvalue weighted by atomic mass is 9.86. The number of nitrogens with zero attached hydrogens (tertiary/aromatic N) is 1. The summed E-state index contributed by atoms with van der Waals surface area (Å²) in [5, 5.41) is 0. The van der Waals surface area contributed by atoms with Crippen molar-refractivity contribution in [2.75, 3.05) is 48.6 Å². The number of likely N-dealkylation sites (N-methyl/N-ethyl adjacent to an activating group) is 1. The van der Waals surface area contributed by atoms with Gasteiger partial charge in [0.25, 0.3) is 0 Å². The van der Waals surface area contributed by atoms with Crippen LogP contribution in [0, 0.1) is 0 Å². The first-order valence-electron chi connectivity index (χ1n) is 14.7. The van der Waals surface area contributed by atoms with Gasteiger partial charge in [-0.25, -0.2) is 8.42 Å². The molecule has 45 heavy (non-hydrogen) atoms. The Morgan fingerprint density at radius 1 is 0.867 bits per heavy atom. The summed E-state index contributed by atoms with van der Waals surface area (Å²) in [6.45, 7) is 7.29. The number of fused-ring (bicyclic) bond motifs is 1. The number of carbonyl (C=O) groups excluding carboxylic acids is 1. The Bertz CT molecular complexity index is 1550. The lowest BCUT2D eigenvalue weighted by Gasteiger charge is -2.46. The maximum atomic E-state index is 12.6. The zero-order chi connectivity index (χ0) is 33.4. The zero-order valence-electron chi connectivity index (χ0n) is 27.4. The van der Waals surface area contributed by atoms with Gasteiger partial charge in [-0.3, -0.25) is 4.79 Å². The quantitative estimate of drug-likeness (QED) is 0.164. The molecule has 3 aromatic rings. The molecule has 246 valence electrons. The van der Waals surface area contributed by atoms with Crippen LogP contribution >= 0.6 is 0 Å². The second kappa shape index (κ2) is 15.0. The van der Waals surface area contributed by atoms with E-state index in [4.69, 9.17) is 23.7 Å². The van der Waals surface area contributed by atoms with Crippen LogP contribution in [0.15, 0.2) is 65.6 Å². The zero-order valence-corrected chi connectivity index (χ0v) is 28.2. The molecule has 4 rings (SSSR count). The Morgan fingerprint density at radius 3 is 1.98 bits per heavy atom. The number of methoxy groups -OCH3 is 4. The number of rotatable bonds is 10. The summed E-state index contributed by atoms with van der Waals surface area (Å²) >= 11 is 0. The van der Waals surface area contributed by atoms with Crippen molar-refractivity contribution >= 4 is 16.1 Å². The number of benzene rings is 3. The Labute approximate surface area is 267 Å². The van der Waals surface area contributed by atoms with Crippen LogP contribution < -0.4 is 18.9 Å². The van der Waals surface area contributed by atoms with E-state index in [-0.39, 0.29) is 16.9 Å². The van der Waals surface area contributed by atoms with Gasteiger partial charge in [0.05, 0.1) is 59.9 Å². The lowest BCUT2D eigenvalue weighted by molar-refractivity contribution is -0.940. The third-order valence-electron chi connectivity index (χ3n) is 7.80. The number of carbonyl (C=O) groups is 1. The van der Waals surface area contributed by atoms with Crippen molar-refractivity contribution in [2.45, 2.75) is 56.6 Å². The van der Waals surface area contributed by atoms with E-state index in [1.807, 2.05) is 32.9 Å². The first-order chi connectivity index (χ1) is 21.1. The van der Waals surface area contributed by atoms with Gasteiger partial charge in [0, 0.05) is 18.4 Å². The SMILES string of the molecule is COc1ccc(CC2c3cc(OC)c(OC)cc3CC[N@+]2(C)CCC(=O)OC(C)(C)C)cc1OC.O=S(=O)([O-])c1ccccc1. The number of esters is 1. The van der Waals surface area contributed by atoms with E-state index in [0.29, 0.717) is 30.2 Å². The Hall–Kier alpha value is -3.80. The molecule has 1 aliphatic rings. The predicted molar refractivity (Wildman–Crippen MR) is 170 cm³/mol. The summed E-state index contributed by atoms with van der Waals surface area (Å²) in [7, 11) is 4.59. The maximum Gasteiger partial charge on any atom is 0.312 e. The molecular weight excluding hydrogens is 598 g/mol. The summed E-state index contributed by atoms with van der Waals surface area (Å²) in [5.74, 6) is 2.69. The molecule has 3 aromatic carbocycles. The molecule has 0 saturated carbocycles. The van der Waals surface area contributed by atoms with Crippen LogP contribution in [0.25, 0.3) is 0 Å². The minimum atomic E-state index is -4.25. The van der Waals surface area contributed by atoms with Gasteiger partial charge in [0.15, 0.2) is 23.0 Å². The maximum absolute atomic E-state index is 12.6. The van der Waals surface area contributed by atoms with E-state index in [0.717, 1.165) is 35.2 Å². The van der Waals surface area contributed by atoms with Gasteiger partial charge in [-0.15, -0.1) is 0 Å². The second-order valence-corrected chi connectivity index (χ2v) is 13.5. The van der Waals surface area contributed by atoms with E-state index < -0.39 is 15.7 Å². The third kappa shape index (κ3) is 9.59. The Kier molecular flexibility index (Phi) is 11.9. The summed E-state index contributed by atoms with van der Waals surface area (Å²) < 4.78 is 59.3. The fraction of sp³-hybridized carbons (Fsp3) is 0.441. The molecule has 0 saturated heterocycles. The van der Waals surface area contributed by atoms with E-state index in [1.54, 1.807) is 34.5 Å². The van der Waals surface area contributed by atoms with Crippen LogP contribution in [0.5, 0.6) is 23.0 Å². The average molecular weight is 644 g/mol. The molecular formula is C34H45NO9S. The van der Waals surface area contributed by atoms with Crippen LogP contribution in [0.3, 0.4) is 0 Å². The van der Waals surface area contributed by atoms with Gasteiger partial charge in [-0.05, 0) is 68.3 Å². The fourth-order valence-corrected chi connectivity index (χ4v) is 5.98. The monoisotopic (exact) mass is 643 g/mol. The molecule has 11 heteroatoms. The summed E-state index contributed by atoms with van der Waals surface area (Å²) in [6, 6.07) is 17.5. The first-order valence-corrected chi connectivity index (χ1v) is 16.1. The van der Waals surface area contributed by atoms with Crippen molar-refractivity contribution in [1.29, 1.82) is 0 Å². The van der Waals surface area contributed by atoms with Crippen LogP contribution in [0.4, 0.5) is 0 Å². The van der Waals surface area contributed by atoms with Crippen molar-refractivity contribution in [3.8, 4) is 23.0 Å². The highest BCUT2D eigenvalue weighted by atomic mass is 32.2. The lowest BCUT2D eigenvalue weighted by Crippen LogP contribution is -2.53. The Morgan fingerprint density at radius 2 is 1.44 bits per heavy atom. The minimum absolute atomic E-state index is 0.110. The van der Waals surface area contributed by atoms with E-state index in [2.05, 4.69) is 25.2 Å². The number of quaternary nitrogens is 1. The predicted octanol–water partition coefficient (Wildman–Crippen LogP) is 5.33. The highest BCUT2D eigenvalue weighted by Gasteiger charge is 2.40. The molecule has 0 aliphatic carbocycles. The summed E-state index contributed by atoms with van der Waals surface area (Å²) in [4.78, 5) is 12.4. The van der Waals surface area contributed by atoms with Gasteiger partial charge in [-0.2, -0.15) is 0 Å². The van der Waals surface area contributed by atoms with E-state index >= 15 is 0 Å². The van der Waals surface area contributed by atoms with Gasteiger partial charge < -0.3 is 32.7 Å². The van der Waals surface area contributed by atoms with Gasteiger partial charge in [0.1, 0.15) is 21.8 Å². The molecule has 1 unspecified atom stereocenters. The van der Waals surface area contributed by atoms with E-state index in [1.165, 1.54) is 35.4 Å². The summed E-state index contributed by atoms with van der Waals surface area (Å²) in [5.41, 5.74) is 3.11. The largest absolute Gasteiger partial charge is 0.744 e. The highest BCUT2D eigenvalue weighted by Crippen LogP contribution is 2.43.